The van der Waals surface area contributed by atoms with Crippen molar-refractivity contribution in [3.8, 4) is 11.1 Å². The minimum atomic E-state index is -0.911. The first-order valence-electron chi connectivity index (χ1n) is 15.3. The van der Waals surface area contributed by atoms with Crippen LogP contribution in [0.25, 0.3) is 11.1 Å². The first-order chi connectivity index (χ1) is 22.3. The molecule has 4 aromatic rings. The number of nitrogens with one attached hydrogen (secondary N) is 1. The Morgan fingerprint density at radius 1 is 0.913 bits per heavy atom. The third-order valence-electron chi connectivity index (χ3n) is 8.09. The van der Waals surface area contributed by atoms with Gasteiger partial charge in [-0.1, -0.05) is 91.5 Å². The summed E-state index contributed by atoms with van der Waals surface area (Å²) in [5.41, 5.74) is 5.55. The molecule has 1 aliphatic rings. The van der Waals surface area contributed by atoms with Gasteiger partial charge in [0.25, 0.3) is 5.03 Å². The fourth-order valence-corrected chi connectivity index (χ4v) is 6.54. The van der Waals surface area contributed by atoms with E-state index in [1.807, 2.05) is 78.9 Å². The number of carboxylic acid groups (broad SMARTS) is 1. The van der Waals surface area contributed by atoms with Crippen LogP contribution in [0.15, 0.2) is 102 Å². The lowest BCUT2D eigenvalue weighted by atomic mass is 9.91. The summed E-state index contributed by atoms with van der Waals surface area (Å²) in [7, 11) is 0. The van der Waals surface area contributed by atoms with Gasteiger partial charge in [-0.05, 0) is 40.3 Å². The third-order valence-corrected chi connectivity index (χ3v) is 9.20. The van der Waals surface area contributed by atoms with Crippen molar-refractivity contribution in [2.24, 2.45) is 5.92 Å². The van der Waals surface area contributed by atoms with Crippen LogP contribution in [0.4, 0.5) is 0 Å². The predicted molar refractivity (Wildman–Crippen MR) is 174 cm³/mol. The minimum Gasteiger partial charge on any atom is -0.618 e. The summed E-state index contributed by atoms with van der Waals surface area (Å²) in [6.45, 7) is 2.39. The average molecular weight is 643 g/mol. The molecule has 4 atom stereocenters. The van der Waals surface area contributed by atoms with E-state index in [9.17, 15) is 19.9 Å². The number of aromatic nitrogens is 1. The zero-order valence-electron chi connectivity index (χ0n) is 25.6. The van der Waals surface area contributed by atoms with Gasteiger partial charge in [0.1, 0.15) is 0 Å². The smallest absolute Gasteiger partial charge is 0.303 e. The summed E-state index contributed by atoms with van der Waals surface area (Å²) in [5.74, 6) is -0.548. The number of aliphatic carboxylic acids is 1. The summed E-state index contributed by atoms with van der Waals surface area (Å²) in [5, 5.41) is 34.1. The van der Waals surface area contributed by atoms with Crippen molar-refractivity contribution in [1.29, 1.82) is 0 Å². The van der Waals surface area contributed by atoms with E-state index in [-0.39, 0.29) is 43.5 Å². The fourth-order valence-electron chi connectivity index (χ4n) is 5.46. The number of carbonyl (C=O) groups excluding carboxylic acids is 1. The number of nitrogens with zero attached hydrogens (tertiary/aromatic N) is 1. The normalized spacial score (nSPS) is 19.4. The molecular formula is C36H38N2O7S. The van der Waals surface area contributed by atoms with Gasteiger partial charge in [-0.2, -0.15) is 4.73 Å². The molecule has 0 saturated carbocycles. The molecule has 2 heterocycles. The van der Waals surface area contributed by atoms with Gasteiger partial charge in [0.2, 0.25) is 5.91 Å². The Morgan fingerprint density at radius 3 is 2.35 bits per heavy atom. The highest BCUT2D eigenvalue weighted by molar-refractivity contribution is 7.99. The van der Waals surface area contributed by atoms with Crippen molar-refractivity contribution in [2.75, 3.05) is 5.75 Å². The molecule has 3 N–H and O–H groups in total. The van der Waals surface area contributed by atoms with E-state index in [4.69, 9.17) is 14.6 Å². The van der Waals surface area contributed by atoms with E-state index in [0.717, 1.165) is 38.1 Å². The van der Waals surface area contributed by atoms with Crippen molar-refractivity contribution in [3.05, 3.63) is 125 Å². The molecule has 1 saturated heterocycles. The van der Waals surface area contributed by atoms with Crippen molar-refractivity contribution >= 4 is 23.6 Å². The molecule has 0 bridgehead atoms. The van der Waals surface area contributed by atoms with Gasteiger partial charge in [0.05, 0.1) is 18.8 Å². The van der Waals surface area contributed by atoms with Crippen LogP contribution in [-0.2, 0) is 32.2 Å². The van der Waals surface area contributed by atoms with Gasteiger partial charge in [-0.15, -0.1) is 0 Å². The Bertz CT molecular complexity index is 1610. The number of thioether (sulfide) groups is 1. The predicted octanol–water partition coefficient (Wildman–Crippen LogP) is 5.93. The number of hydrogen-bond donors (Lipinski definition) is 3. The number of pyridine rings is 1. The van der Waals surface area contributed by atoms with Crippen molar-refractivity contribution in [1.82, 2.24) is 5.32 Å². The fraction of sp³-hybridized carbons (Fsp3) is 0.306. The van der Waals surface area contributed by atoms with Crippen molar-refractivity contribution in [3.63, 3.8) is 0 Å². The van der Waals surface area contributed by atoms with Crippen molar-refractivity contribution in [2.45, 2.75) is 62.9 Å². The Kier molecular flexibility index (Phi) is 11.4. The Morgan fingerprint density at radius 2 is 1.63 bits per heavy atom. The first-order valence-corrected chi connectivity index (χ1v) is 16.3. The molecule has 0 aliphatic carbocycles. The standard InChI is InChI=1S/C36H38N2O7S/c1-24-31(23-46-33-10-4-5-20-38(33)43)44-36(45-35(24)27-14-12-25(22-39)13-15-27)28-18-16-26(17-19-28)30-8-3-2-7-29(30)21-37-32(40)9-6-11-34(41)42/h2-5,7-8,10,12-20,24,31,35-36,39H,6,9,11,21-23H2,1H3,(H,37,40)(H,41,42)/t24-,31+,35+,36+/m0/s1. The van der Waals surface area contributed by atoms with Gasteiger partial charge in [-0.3, -0.25) is 9.59 Å². The van der Waals surface area contributed by atoms with E-state index >= 15 is 0 Å². The van der Waals surface area contributed by atoms with Crippen LogP contribution in [0.3, 0.4) is 0 Å². The second-order valence-corrected chi connectivity index (χ2v) is 12.3. The van der Waals surface area contributed by atoms with Gasteiger partial charge in [0.15, 0.2) is 12.5 Å². The molecule has 240 valence electrons. The molecule has 1 aliphatic heterocycles. The molecule has 5 rings (SSSR count). The Balaban J connectivity index is 1.33. The van der Waals surface area contributed by atoms with E-state index in [1.165, 1.54) is 18.0 Å². The number of amides is 1. The van der Waals surface area contributed by atoms with Crippen LogP contribution >= 0.6 is 11.8 Å². The second-order valence-electron chi connectivity index (χ2n) is 11.3. The van der Waals surface area contributed by atoms with Crippen LogP contribution in [0.1, 0.15) is 60.8 Å². The van der Waals surface area contributed by atoms with Crippen LogP contribution in [0.5, 0.6) is 0 Å². The number of carboxylic acids is 1. The largest absolute Gasteiger partial charge is 0.618 e. The highest BCUT2D eigenvalue weighted by Gasteiger charge is 2.38. The zero-order valence-corrected chi connectivity index (χ0v) is 26.4. The van der Waals surface area contributed by atoms with E-state index < -0.39 is 12.3 Å². The Labute approximate surface area is 272 Å². The highest BCUT2D eigenvalue weighted by Crippen LogP contribution is 2.43. The van der Waals surface area contributed by atoms with Gasteiger partial charge in [0, 0.05) is 48.8 Å². The summed E-state index contributed by atoms with van der Waals surface area (Å²) in [6, 6.07) is 28.9. The monoisotopic (exact) mass is 642 g/mol. The lowest BCUT2D eigenvalue weighted by molar-refractivity contribution is -0.645. The molecule has 0 radical (unpaired) electrons. The van der Waals surface area contributed by atoms with Crippen LogP contribution in [-0.4, -0.2) is 33.9 Å². The molecule has 10 heteroatoms. The molecule has 9 nitrogen and oxygen atoms in total. The summed E-state index contributed by atoms with van der Waals surface area (Å²) in [4.78, 5) is 23.0. The third kappa shape index (κ3) is 8.52. The van der Waals surface area contributed by atoms with Crippen LogP contribution in [0, 0.1) is 11.1 Å². The maximum Gasteiger partial charge on any atom is 0.303 e. The number of hydrogen-bond acceptors (Lipinski definition) is 7. The molecule has 0 spiro atoms. The number of ether oxygens (including phenoxy) is 2. The number of carbonyl (C=O) groups is 2. The van der Waals surface area contributed by atoms with Gasteiger partial charge < -0.3 is 30.2 Å². The van der Waals surface area contributed by atoms with Crippen LogP contribution < -0.4 is 10.0 Å². The molecule has 1 fully saturated rings. The van der Waals surface area contributed by atoms with Gasteiger partial charge in [-0.25, -0.2) is 0 Å². The minimum absolute atomic E-state index is 0.0157. The van der Waals surface area contributed by atoms with Gasteiger partial charge >= 0.3 is 5.97 Å². The lowest BCUT2D eigenvalue weighted by Crippen LogP contribution is -2.39. The lowest BCUT2D eigenvalue weighted by Gasteiger charge is -2.41. The molecule has 0 unspecified atom stereocenters. The number of aliphatic hydroxyl groups is 1. The molecule has 1 aromatic heterocycles. The topological polar surface area (TPSA) is 132 Å². The Hall–Kier alpha value is -4.22. The zero-order chi connectivity index (χ0) is 32.5. The van der Waals surface area contributed by atoms with E-state index in [0.29, 0.717) is 23.7 Å². The number of aliphatic hydroxyl groups excluding tert-OH is 1. The maximum absolute atomic E-state index is 12.3. The molecule has 1 amide bonds. The number of rotatable bonds is 13. The highest BCUT2D eigenvalue weighted by atomic mass is 32.2. The SMILES string of the molecule is C[C@H]1[C@@H](CSc2cccc[n+]2[O-])O[C@@H](c2ccc(-c3ccccc3CNC(=O)CCCC(=O)O)cc2)O[C@H]1c1ccc(CO)cc1. The maximum atomic E-state index is 12.3. The molecule has 46 heavy (non-hydrogen) atoms. The summed E-state index contributed by atoms with van der Waals surface area (Å²) < 4.78 is 14.0. The first kappa shape index (κ1) is 33.2. The molecule has 3 aromatic carbocycles. The van der Waals surface area contributed by atoms with E-state index in [1.54, 1.807) is 12.1 Å². The average Bonchev–Trinajstić information content (AvgIpc) is 3.07. The van der Waals surface area contributed by atoms with Crippen molar-refractivity contribution < 1.29 is 34.0 Å². The number of benzene rings is 3. The second kappa shape index (κ2) is 15.9. The summed E-state index contributed by atoms with van der Waals surface area (Å²) >= 11 is 1.45. The molecular weight excluding hydrogens is 604 g/mol. The summed E-state index contributed by atoms with van der Waals surface area (Å²) in [6.07, 6.45) is 0.783. The quantitative estimate of drug-likeness (QED) is 0.0929. The van der Waals surface area contributed by atoms with E-state index in [2.05, 4.69) is 12.2 Å². The van der Waals surface area contributed by atoms with Crippen LogP contribution in [0.2, 0.25) is 0 Å².